The number of hydrogen-bond donors (Lipinski definition) is 3. The SMILES string of the molecule is O=C(NO)Nc1nc(/C=C/c2ccccc2)nc2sc3c(c12)CCCC3. The predicted molar refractivity (Wildman–Crippen MR) is 103 cm³/mol. The fraction of sp³-hybridized carbons (Fsp3) is 0.211. The van der Waals surface area contributed by atoms with Crippen LogP contribution in [0.1, 0.15) is 34.7 Å². The van der Waals surface area contributed by atoms with E-state index in [1.165, 1.54) is 16.9 Å². The number of benzene rings is 1. The van der Waals surface area contributed by atoms with Crippen molar-refractivity contribution in [1.82, 2.24) is 15.4 Å². The number of urea groups is 1. The predicted octanol–water partition coefficient (Wildman–Crippen LogP) is 4.25. The molecule has 3 N–H and O–H groups in total. The van der Waals surface area contributed by atoms with Gasteiger partial charge in [-0.2, -0.15) is 0 Å². The number of hydroxylamine groups is 1. The lowest BCUT2D eigenvalue weighted by Gasteiger charge is -2.12. The number of rotatable bonds is 3. The highest BCUT2D eigenvalue weighted by Gasteiger charge is 2.21. The van der Waals surface area contributed by atoms with Crippen molar-refractivity contribution in [3.63, 3.8) is 0 Å². The molecule has 132 valence electrons. The van der Waals surface area contributed by atoms with Crippen LogP contribution in [0.25, 0.3) is 22.4 Å². The van der Waals surface area contributed by atoms with E-state index in [-0.39, 0.29) is 0 Å². The average Bonchev–Trinajstić information content (AvgIpc) is 3.05. The van der Waals surface area contributed by atoms with Gasteiger partial charge < -0.3 is 0 Å². The number of carbonyl (C=O) groups is 1. The molecule has 0 bridgehead atoms. The molecule has 6 nitrogen and oxygen atoms in total. The second kappa shape index (κ2) is 7.23. The first-order valence-corrected chi connectivity index (χ1v) is 9.33. The van der Waals surface area contributed by atoms with Gasteiger partial charge in [-0.05, 0) is 42.9 Å². The van der Waals surface area contributed by atoms with E-state index in [0.717, 1.165) is 35.0 Å². The molecule has 7 heteroatoms. The van der Waals surface area contributed by atoms with Crippen molar-refractivity contribution in [3.8, 4) is 0 Å². The number of anilines is 1. The molecule has 0 unspecified atom stereocenters. The van der Waals surface area contributed by atoms with E-state index in [1.54, 1.807) is 16.8 Å². The molecular weight excluding hydrogens is 348 g/mol. The van der Waals surface area contributed by atoms with Crippen molar-refractivity contribution in [2.45, 2.75) is 25.7 Å². The average molecular weight is 366 g/mol. The van der Waals surface area contributed by atoms with Crippen molar-refractivity contribution in [2.75, 3.05) is 5.32 Å². The van der Waals surface area contributed by atoms with Crippen molar-refractivity contribution >= 4 is 45.6 Å². The van der Waals surface area contributed by atoms with Gasteiger partial charge in [0.05, 0.1) is 5.39 Å². The molecule has 0 spiro atoms. The lowest BCUT2D eigenvalue weighted by atomic mass is 9.97. The molecule has 0 atom stereocenters. The van der Waals surface area contributed by atoms with Gasteiger partial charge in [-0.15, -0.1) is 11.3 Å². The largest absolute Gasteiger partial charge is 0.344 e. The van der Waals surface area contributed by atoms with E-state index in [4.69, 9.17) is 5.21 Å². The summed E-state index contributed by atoms with van der Waals surface area (Å²) in [7, 11) is 0. The van der Waals surface area contributed by atoms with E-state index in [9.17, 15) is 4.79 Å². The van der Waals surface area contributed by atoms with Crippen molar-refractivity contribution < 1.29 is 10.0 Å². The zero-order valence-corrected chi connectivity index (χ0v) is 14.8. The Morgan fingerprint density at radius 1 is 1.12 bits per heavy atom. The topological polar surface area (TPSA) is 87.1 Å². The Hall–Kier alpha value is -2.77. The smallest absolute Gasteiger partial charge is 0.290 e. The molecular formula is C19H18N4O2S. The third-order valence-corrected chi connectivity index (χ3v) is 5.58. The first kappa shape index (κ1) is 16.7. The molecule has 4 rings (SSSR count). The van der Waals surface area contributed by atoms with E-state index < -0.39 is 6.03 Å². The minimum absolute atomic E-state index is 0.439. The summed E-state index contributed by atoms with van der Waals surface area (Å²) in [6.07, 6.45) is 8.07. The second-order valence-electron chi connectivity index (χ2n) is 6.13. The van der Waals surface area contributed by atoms with Gasteiger partial charge in [0.25, 0.3) is 0 Å². The summed E-state index contributed by atoms with van der Waals surface area (Å²) < 4.78 is 0. The molecule has 2 heterocycles. The number of thiophene rings is 1. The number of aromatic nitrogens is 2. The molecule has 0 radical (unpaired) electrons. The molecule has 26 heavy (non-hydrogen) atoms. The normalized spacial score (nSPS) is 13.7. The van der Waals surface area contributed by atoms with Crippen LogP contribution in [0, 0.1) is 0 Å². The highest BCUT2D eigenvalue weighted by molar-refractivity contribution is 7.19. The summed E-state index contributed by atoms with van der Waals surface area (Å²) in [4.78, 5) is 23.0. The van der Waals surface area contributed by atoms with Crippen LogP contribution in [0.15, 0.2) is 30.3 Å². The van der Waals surface area contributed by atoms with Gasteiger partial charge in [0, 0.05) is 4.88 Å². The number of aryl methyl sites for hydroxylation is 2. The summed E-state index contributed by atoms with van der Waals surface area (Å²) in [5.74, 6) is 0.960. The maximum Gasteiger partial charge on any atom is 0.344 e. The van der Waals surface area contributed by atoms with Gasteiger partial charge in [0.15, 0.2) is 5.82 Å². The Morgan fingerprint density at radius 2 is 1.92 bits per heavy atom. The number of carbonyl (C=O) groups excluding carboxylic acids is 1. The van der Waals surface area contributed by atoms with Crippen molar-refractivity contribution in [2.24, 2.45) is 0 Å². The highest BCUT2D eigenvalue weighted by Crippen LogP contribution is 2.38. The number of hydrogen-bond acceptors (Lipinski definition) is 5. The van der Waals surface area contributed by atoms with Crippen molar-refractivity contribution in [1.29, 1.82) is 0 Å². The Balaban J connectivity index is 1.79. The number of nitrogens with zero attached hydrogens (tertiary/aromatic N) is 2. The van der Waals surface area contributed by atoms with Gasteiger partial charge in [-0.25, -0.2) is 20.2 Å². The Labute approximate surface area is 154 Å². The Morgan fingerprint density at radius 3 is 2.73 bits per heavy atom. The molecule has 1 aliphatic rings. The minimum Gasteiger partial charge on any atom is -0.290 e. The molecule has 2 aromatic heterocycles. The van der Waals surface area contributed by atoms with E-state index in [2.05, 4.69) is 15.3 Å². The van der Waals surface area contributed by atoms with Gasteiger partial charge in [0.1, 0.15) is 10.6 Å². The van der Waals surface area contributed by atoms with Crippen LogP contribution >= 0.6 is 11.3 Å². The molecule has 0 saturated heterocycles. The summed E-state index contributed by atoms with van der Waals surface area (Å²) >= 11 is 1.67. The molecule has 2 amide bonds. The summed E-state index contributed by atoms with van der Waals surface area (Å²) in [5, 5.41) is 12.4. The van der Waals surface area contributed by atoms with Crippen LogP contribution in [0.5, 0.6) is 0 Å². The summed E-state index contributed by atoms with van der Waals surface area (Å²) in [6, 6.07) is 9.18. The summed E-state index contributed by atoms with van der Waals surface area (Å²) in [5.41, 5.74) is 3.87. The monoisotopic (exact) mass is 366 g/mol. The van der Waals surface area contributed by atoms with E-state index in [1.807, 2.05) is 42.5 Å². The van der Waals surface area contributed by atoms with Crippen LogP contribution in [0.3, 0.4) is 0 Å². The highest BCUT2D eigenvalue weighted by atomic mass is 32.1. The van der Waals surface area contributed by atoms with Crippen molar-refractivity contribution in [3.05, 3.63) is 52.2 Å². The molecule has 0 fully saturated rings. The quantitative estimate of drug-likeness (QED) is 0.478. The Bertz CT molecular complexity index is 982. The maximum atomic E-state index is 11.7. The molecule has 1 aliphatic carbocycles. The second-order valence-corrected chi connectivity index (χ2v) is 7.22. The van der Waals surface area contributed by atoms with Crippen LogP contribution in [-0.2, 0) is 12.8 Å². The van der Waals surface area contributed by atoms with Gasteiger partial charge >= 0.3 is 6.03 Å². The third kappa shape index (κ3) is 3.31. The zero-order valence-electron chi connectivity index (χ0n) is 14.0. The van der Waals surface area contributed by atoms with E-state index >= 15 is 0 Å². The van der Waals surface area contributed by atoms with Crippen LogP contribution in [0.4, 0.5) is 10.6 Å². The fourth-order valence-electron chi connectivity index (χ4n) is 3.21. The number of fused-ring (bicyclic) bond motifs is 3. The lowest BCUT2D eigenvalue weighted by molar-refractivity contribution is 0.172. The lowest BCUT2D eigenvalue weighted by Crippen LogP contribution is -2.26. The summed E-state index contributed by atoms with van der Waals surface area (Å²) in [6.45, 7) is 0. The molecule has 0 saturated carbocycles. The number of nitrogens with one attached hydrogen (secondary N) is 2. The molecule has 1 aromatic carbocycles. The molecule has 3 aromatic rings. The zero-order chi connectivity index (χ0) is 17.9. The maximum absolute atomic E-state index is 11.7. The molecule has 0 aliphatic heterocycles. The van der Waals surface area contributed by atoms with Crippen LogP contribution in [0.2, 0.25) is 0 Å². The minimum atomic E-state index is -0.709. The van der Waals surface area contributed by atoms with Gasteiger partial charge in [-0.3, -0.25) is 10.5 Å². The van der Waals surface area contributed by atoms with Gasteiger partial charge in [0.2, 0.25) is 0 Å². The number of amides is 2. The van der Waals surface area contributed by atoms with Crippen LogP contribution in [-0.4, -0.2) is 21.2 Å². The first-order chi connectivity index (χ1) is 12.7. The standard InChI is InChI=1S/C19H18N4O2S/c24-19(23-25)22-17-16-13-8-4-5-9-14(13)26-18(16)21-15(20-17)11-10-12-6-2-1-3-7-12/h1-3,6-7,10-11,25H,4-5,8-9H2,(H2,20,21,22,23,24)/b11-10+. The van der Waals surface area contributed by atoms with E-state index in [0.29, 0.717) is 11.6 Å². The van der Waals surface area contributed by atoms with Gasteiger partial charge in [-0.1, -0.05) is 36.4 Å². The first-order valence-electron chi connectivity index (χ1n) is 8.51. The fourth-order valence-corrected chi connectivity index (χ4v) is 4.48. The van der Waals surface area contributed by atoms with Crippen LogP contribution < -0.4 is 10.8 Å². The third-order valence-electron chi connectivity index (χ3n) is 4.39. The Kier molecular flexibility index (Phi) is 4.64.